The molecule has 0 bridgehead atoms. The van der Waals surface area contributed by atoms with Crippen molar-refractivity contribution in [2.45, 2.75) is 19.4 Å². The molecule has 3 N–H and O–H groups in total. The number of methoxy groups -OCH3 is 1. The van der Waals surface area contributed by atoms with Gasteiger partial charge in [-0.05, 0) is 25.6 Å². The van der Waals surface area contributed by atoms with E-state index in [0.717, 1.165) is 19.6 Å². The van der Waals surface area contributed by atoms with Crippen LogP contribution in [0.4, 0.5) is 0 Å². The summed E-state index contributed by atoms with van der Waals surface area (Å²) in [5.41, 5.74) is 0. The van der Waals surface area contributed by atoms with Crippen LogP contribution in [-0.4, -0.2) is 46.0 Å². The van der Waals surface area contributed by atoms with Gasteiger partial charge in [0.1, 0.15) is 0 Å². The van der Waals surface area contributed by atoms with Crippen molar-refractivity contribution in [2.24, 2.45) is 0 Å². The van der Waals surface area contributed by atoms with E-state index in [1.165, 1.54) is 0 Å². The first-order chi connectivity index (χ1) is 7.74. The van der Waals surface area contributed by atoms with Gasteiger partial charge in [-0.25, -0.2) is 0 Å². The Morgan fingerprint density at radius 3 is 3.06 bits per heavy atom. The summed E-state index contributed by atoms with van der Waals surface area (Å²) in [6.07, 6.45) is 0.912. The van der Waals surface area contributed by atoms with Crippen LogP contribution in [0.25, 0.3) is 0 Å². The van der Waals surface area contributed by atoms with E-state index in [2.05, 4.69) is 31.3 Å². The number of aromatic amines is 1. The highest BCUT2D eigenvalue weighted by atomic mass is 32.1. The highest BCUT2D eigenvalue weighted by Gasteiger charge is 2.10. The molecule has 7 nitrogen and oxygen atoms in total. The van der Waals surface area contributed by atoms with E-state index >= 15 is 0 Å². The predicted octanol–water partition coefficient (Wildman–Crippen LogP) is -0.239. The molecule has 16 heavy (non-hydrogen) atoms. The van der Waals surface area contributed by atoms with E-state index in [0.29, 0.717) is 10.9 Å². The van der Waals surface area contributed by atoms with E-state index < -0.39 is 0 Å². The Kier molecular flexibility index (Phi) is 5.65. The first-order valence-electron chi connectivity index (χ1n) is 5.00. The van der Waals surface area contributed by atoms with Crippen LogP contribution in [0.3, 0.4) is 0 Å². The molecular weight excluding hydrogens is 228 g/mol. The second kappa shape index (κ2) is 7.07. The average molecular weight is 244 g/mol. The van der Waals surface area contributed by atoms with Crippen molar-refractivity contribution in [1.82, 2.24) is 31.3 Å². The molecule has 1 rings (SSSR count). The Labute approximate surface area is 99.3 Å². The van der Waals surface area contributed by atoms with Gasteiger partial charge in [-0.15, -0.1) is 10.2 Å². The lowest BCUT2D eigenvalue weighted by atomic mass is 10.3. The molecule has 1 atom stereocenters. The number of aromatic nitrogens is 4. The van der Waals surface area contributed by atoms with Gasteiger partial charge in [0.2, 0.25) is 0 Å². The molecule has 1 unspecified atom stereocenters. The van der Waals surface area contributed by atoms with Crippen molar-refractivity contribution in [3.05, 3.63) is 5.82 Å². The Bertz CT molecular complexity index is 303. The quantitative estimate of drug-likeness (QED) is 0.470. The van der Waals surface area contributed by atoms with Gasteiger partial charge < -0.3 is 15.4 Å². The van der Waals surface area contributed by atoms with E-state index in [4.69, 9.17) is 17.0 Å². The number of H-pyrrole nitrogens is 1. The largest absolute Gasteiger partial charge is 0.385 e. The van der Waals surface area contributed by atoms with Crippen molar-refractivity contribution in [1.29, 1.82) is 0 Å². The maximum absolute atomic E-state index is 5.10. The van der Waals surface area contributed by atoms with Gasteiger partial charge in [0, 0.05) is 20.3 Å². The van der Waals surface area contributed by atoms with Crippen molar-refractivity contribution in [2.75, 3.05) is 20.3 Å². The number of ether oxygens (including phenoxy) is 1. The van der Waals surface area contributed by atoms with Gasteiger partial charge >= 0.3 is 0 Å². The Morgan fingerprint density at radius 1 is 1.62 bits per heavy atom. The van der Waals surface area contributed by atoms with Crippen LogP contribution < -0.4 is 10.6 Å². The number of hydrogen-bond donors (Lipinski definition) is 3. The predicted molar refractivity (Wildman–Crippen MR) is 62.8 cm³/mol. The molecule has 8 heteroatoms. The van der Waals surface area contributed by atoms with Gasteiger partial charge in [0.05, 0.1) is 6.04 Å². The van der Waals surface area contributed by atoms with Gasteiger partial charge in [0.25, 0.3) is 0 Å². The zero-order valence-electron chi connectivity index (χ0n) is 9.36. The molecular formula is C8H16N6OS. The average Bonchev–Trinajstić information content (AvgIpc) is 2.77. The smallest absolute Gasteiger partial charge is 0.196 e. The third-order valence-electron chi connectivity index (χ3n) is 1.91. The Morgan fingerprint density at radius 2 is 2.44 bits per heavy atom. The lowest BCUT2D eigenvalue weighted by Gasteiger charge is -2.13. The summed E-state index contributed by atoms with van der Waals surface area (Å²) in [4.78, 5) is 0. The van der Waals surface area contributed by atoms with Crippen LogP contribution in [-0.2, 0) is 4.74 Å². The van der Waals surface area contributed by atoms with E-state index in [-0.39, 0.29) is 6.04 Å². The summed E-state index contributed by atoms with van der Waals surface area (Å²) in [5.74, 6) is 0.584. The fourth-order valence-corrected chi connectivity index (χ4v) is 1.36. The van der Waals surface area contributed by atoms with Crippen LogP contribution in [0, 0.1) is 0 Å². The lowest BCUT2D eigenvalue weighted by molar-refractivity contribution is 0.195. The van der Waals surface area contributed by atoms with Gasteiger partial charge in [-0.3, -0.25) is 0 Å². The first-order valence-corrected chi connectivity index (χ1v) is 5.41. The van der Waals surface area contributed by atoms with Crippen molar-refractivity contribution in [3.8, 4) is 0 Å². The zero-order chi connectivity index (χ0) is 11.8. The van der Waals surface area contributed by atoms with Gasteiger partial charge in [-0.2, -0.15) is 5.21 Å². The fraction of sp³-hybridized carbons (Fsp3) is 0.750. The molecule has 0 aliphatic heterocycles. The number of hydrogen-bond acceptors (Lipinski definition) is 5. The highest BCUT2D eigenvalue weighted by molar-refractivity contribution is 7.80. The number of thiocarbonyl (C=S) groups is 1. The maximum atomic E-state index is 5.10. The summed E-state index contributed by atoms with van der Waals surface area (Å²) in [5, 5.41) is 20.3. The minimum atomic E-state index is -0.0684. The molecule has 0 saturated heterocycles. The van der Waals surface area contributed by atoms with Crippen LogP contribution in [0.2, 0.25) is 0 Å². The second-order valence-corrected chi connectivity index (χ2v) is 3.65. The summed E-state index contributed by atoms with van der Waals surface area (Å²) in [6.45, 7) is 3.41. The van der Waals surface area contributed by atoms with Crippen LogP contribution in [0.1, 0.15) is 25.2 Å². The maximum Gasteiger partial charge on any atom is 0.196 e. The molecule has 0 aromatic carbocycles. The molecule has 1 aromatic rings. The second-order valence-electron chi connectivity index (χ2n) is 3.24. The highest BCUT2D eigenvalue weighted by Crippen LogP contribution is 2.01. The fourth-order valence-electron chi connectivity index (χ4n) is 1.08. The number of nitrogens with one attached hydrogen (secondary N) is 3. The minimum Gasteiger partial charge on any atom is -0.385 e. The molecule has 90 valence electrons. The monoisotopic (exact) mass is 244 g/mol. The van der Waals surface area contributed by atoms with Crippen LogP contribution >= 0.6 is 12.2 Å². The standard InChI is InChI=1S/C8H16N6OS/c1-6(7-11-13-14-12-7)10-8(16)9-4-3-5-15-2/h6H,3-5H2,1-2H3,(H2,9,10,16)(H,11,12,13,14). The number of tetrazole rings is 1. The third kappa shape index (κ3) is 4.49. The van der Waals surface area contributed by atoms with E-state index in [1.54, 1.807) is 7.11 Å². The topological polar surface area (TPSA) is 87.8 Å². The van der Waals surface area contributed by atoms with Crippen LogP contribution in [0.15, 0.2) is 0 Å². The lowest BCUT2D eigenvalue weighted by Crippen LogP contribution is -2.37. The minimum absolute atomic E-state index is 0.0684. The normalized spacial score (nSPS) is 12.1. The van der Waals surface area contributed by atoms with Crippen LogP contribution in [0.5, 0.6) is 0 Å². The SMILES string of the molecule is COCCCNC(=S)NC(C)c1nn[nH]n1. The molecule has 0 saturated carbocycles. The van der Waals surface area contributed by atoms with Crippen molar-refractivity contribution < 1.29 is 4.74 Å². The first kappa shape index (κ1) is 12.8. The number of nitrogens with zero attached hydrogens (tertiary/aromatic N) is 3. The summed E-state index contributed by atoms with van der Waals surface area (Å²) < 4.78 is 4.93. The molecule has 0 spiro atoms. The van der Waals surface area contributed by atoms with Crippen molar-refractivity contribution >= 4 is 17.3 Å². The summed E-state index contributed by atoms with van der Waals surface area (Å²) in [6, 6.07) is -0.0684. The summed E-state index contributed by atoms with van der Waals surface area (Å²) in [7, 11) is 1.68. The molecule has 1 aromatic heterocycles. The molecule has 0 fully saturated rings. The molecule has 0 amide bonds. The zero-order valence-corrected chi connectivity index (χ0v) is 10.2. The molecule has 0 aliphatic carbocycles. The van der Waals surface area contributed by atoms with Gasteiger partial charge in [-0.1, -0.05) is 5.21 Å². The van der Waals surface area contributed by atoms with Crippen molar-refractivity contribution in [3.63, 3.8) is 0 Å². The summed E-state index contributed by atoms with van der Waals surface area (Å²) >= 11 is 5.10. The van der Waals surface area contributed by atoms with E-state index in [1.807, 2.05) is 6.92 Å². The molecule has 0 aliphatic rings. The molecule has 0 radical (unpaired) electrons. The Hall–Kier alpha value is -1.28. The number of rotatable bonds is 6. The Balaban J connectivity index is 2.19. The third-order valence-corrected chi connectivity index (χ3v) is 2.17. The van der Waals surface area contributed by atoms with E-state index in [9.17, 15) is 0 Å². The molecule has 1 heterocycles. The van der Waals surface area contributed by atoms with Gasteiger partial charge in [0.15, 0.2) is 10.9 Å².